The van der Waals surface area contributed by atoms with Gasteiger partial charge in [-0.25, -0.2) is 0 Å². The molecule has 0 aliphatic heterocycles. The van der Waals surface area contributed by atoms with Gasteiger partial charge in [-0.2, -0.15) is 11.8 Å². The molecule has 2 aliphatic carbocycles. The van der Waals surface area contributed by atoms with Crippen molar-refractivity contribution in [2.24, 2.45) is 17.6 Å². The number of benzene rings is 1. The maximum absolute atomic E-state index is 6.09. The normalized spacial score (nSPS) is 27.4. The number of fused-ring (bicyclic) bond motifs is 1. The Bertz CT molecular complexity index is 511. The Kier molecular flexibility index (Phi) is 6.09. The summed E-state index contributed by atoms with van der Waals surface area (Å²) in [6.07, 6.45) is 9.02. The first-order valence-corrected chi connectivity index (χ1v) is 10.7. The highest BCUT2D eigenvalue weighted by atomic mass is 32.2. The van der Waals surface area contributed by atoms with Crippen LogP contribution in [0.1, 0.15) is 68.6 Å². The first kappa shape index (κ1) is 17.4. The van der Waals surface area contributed by atoms with Gasteiger partial charge in [0.25, 0.3) is 0 Å². The zero-order valence-corrected chi connectivity index (χ0v) is 15.7. The number of nitrogens with two attached hydrogens (primary N) is 1. The Labute approximate surface area is 146 Å². The summed E-state index contributed by atoms with van der Waals surface area (Å²) in [7, 11) is 0. The Hall–Kier alpha value is -0.470. The number of thioether (sulfide) groups is 1. The van der Waals surface area contributed by atoms with Crippen LogP contribution in [-0.2, 0) is 12.8 Å². The van der Waals surface area contributed by atoms with Crippen molar-refractivity contribution in [2.45, 2.75) is 70.8 Å². The first-order valence-electron chi connectivity index (χ1n) is 9.57. The van der Waals surface area contributed by atoms with Gasteiger partial charge in [0, 0.05) is 6.04 Å². The molecule has 1 aromatic carbocycles. The van der Waals surface area contributed by atoms with Crippen LogP contribution in [0.2, 0.25) is 0 Å². The summed E-state index contributed by atoms with van der Waals surface area (Å²) < 4.78 is 0. The fraction of sp³-hybridized carbons (Fsp3) is 0.714. The predicted molar refractivity (Wildman–Crippen MR) is 103 cm³/mol. The molecular weight excluding hydrogens is 298 g/mol. The van der Waals surface area contributed by atoms with E-state index in [9.17, 15) is 0 Å². The van der Waals surface area contributed by atoms with Crippen molar-refractivity contribution in [3.8, 4) is 0 Å². The lowest BCUT2D eigenvalue weighted by Gasteiger charge is -2.26. The molecule has 23 heavy (non-hydrogen) atoms. The van der Waals surface area contributed by atoms with Crippen molar-refractivity contribution in [3.63, 3.8) is 0 Å². The molecular formula is C21H33NS. The van der Waals surface area contributed by atoms with Gasteiger partial charge in [-0.1, -0.05) is 32.0 Å². The third-order valence-corrected chi connectivity index (χ3v) is 6.93. The minimum atomic E-state index is 0.434. The van der Waals surface area contributed by atoms with Gasteiger partial charge in [0.15, 0.2) is 0 Å². The quantitative estimate of drug-likeness (QED) is 0.728. The Balaban J connectivity index is 1.53. The Morgan fingerprint density at radius 3 is 2.78 bits per heavy atom. The van der Waals surface area contributed by atoms with Gasteiger partial charge in [-0.15, -0.1) is 0 Å². The second-order valence-corrected chi connectivity index (χ2v) is 9.31. The second-order valence-electron chi connectivity index (χ2n) is 8.16. The molecule has 1 nitrogen and oxygen atoms in total. The van der Waals surface area contributed by atoms with E-state index in [1.165, 1.54) is 56.5 Å². The van der Waals surface area contributed by atoms with E-state index in [4.69, 9.17) is 5.73 Å². The highest BCUT2D eigenvalue weighted by Gasteiger charge is 2.25. The van der Waals surface area contributed by atoms with E-state index in [1.807, 2.05) is 0 Å². The van der Waals surface area contributed by atoms with Crippen molar-refractivity contribution in [1.29, 1.82) is 0 Å². The van der Waals surface area contributed by atoms with Crippen LogP contribution in [0, 0.1) is 11.8 Å². The Morgan fingerprint density at radius 2 is 2.04 bits per heavy atom. The van der Waals surface area contributed by atoms with E-state index in [-0.39, 0.29) is 0 Å². The summed E-state index contributed by atoms with van der Waals surface area (Å²) in [5.41, 5.74) is 10.9. The van der Waals surface area contributed by atoms with Gasteiger partial charge in [0.2, 0.25) is 0 Å². The average Bonchev–Trinajstić information content (AvgIpc) is 2.97. The number of aryl methyl sites for hydroxylation is 1. The van der Waals surface area contributed by atoms with Crippen LogP contribution < -0.4 is 5.73 Å². The number of hydrogen-bond donors (Lipinski definition) is 1. The van der Waals surface area contributed by atoms with Gasteiger partial charge < -0.3 is 5.73 Å². The molecule has 3 atom stereocenters. The molecule has 0 spiro atoms. The highest BCUT2D eigenvalue weighted by molar-refractivity contribution is 7.99. The van der Waals surface area contributed by atoms with E-state index in [0.29, 0.717) is 6.04 Å². The van der Waals surface area contributed by atoms with Crippen LogP contribution in [0.25, 0.3) is 0 Å². The maximum Gasteiger partial charge on any atom is 0.00448 e. The monoisotopic (exact) mass is 331 g/mol. The van der Waals surface area contributed by atoms with Crippen molar-refractivity contribution in [3.05, 3.63) is 34.9 Å². The van der Waals surface area contributed by atoms with E-state index < -0.39 is 0 Å². The Morgan fingerprint density at radius 1 is 1.17 bits per heavy atom. The zero-order chi connectivity index (χ0) is 16.2. The average molecular weight is 332 g/mol. The molecule has 2 aliphatic rings. The topological polar surface area (TPSA) is 26.0 Å². The molecule has 2 heteroatoms. The standard InChI is InChI=1S/C21H33NS/c1-15(2)9-10-23-14-16-3-4-18-12-19(6-5-17(18)11-16)20-7-8-21(22)13-20/h5-6,12,15-16,20-21H,3-4,7-11,13-14,22H2,1-2H3/t16-,20?,21?/m0/s1. The molecule has 0 saturated heterocycles. The van der Waals surface area contributed by atoms with Gasteiger partial charge >= 0.3 is 0 Å². The van der Waals surface area contributed by atoms with Crippen molar-refractivity contribution < 1.29 is 0 Å². The fourth-order valence-corrected chi connectivity index (χ4v) is 5.56. The third kappa shape index (κ3) is 4.76. The summed E-state index contributed by atoms with van der Waals surface area (Å²) in [4.78, 5) is 0. The maximum atomic E-state index is 6.09. The summed E-state index contributed by atoms with van der Waals surface area (Å²) in [5.74, 6) is 5.15. The van der Waals surface area contributed by atoms with Crippen molar-refractivity contribution in [1.82, 2.24) is 0 Å². The summed E-state index contributed by atoms with van der Waals surface area (Å²) >= 11 is 2.17. The molecule has 1 aromatic rings. The summed E-state index contributed by atoms with van der Waals surface area (Å²) in [6, 6.07) is 7.78. The minimum Gasteiger partial charge on any atom is -0.328 e. The fourth-order valence-electron chi connectivity index (χ4n) is 4.13. The SMILES string of the molecule is CC(C)CCSC[C@H]1CCc2cc(C3CCC(N)C3)ccc2C1. The smallest absolute Gasteiger partial charge is 0.00448 e. The summed E-state index contributed by atoms with van der Waals surface area (Å²) in [6.45, 7) is 4.65. The van der Waals surface area contributed by atoms with Crippen LogP contribution in [0.15, 0.2) is 18.2 Å². The minimum absolute atomic E-state index is 0.434. The van der Waals surface area contributed by atoms with Gasteiger partial charge in [0.1, 0.15) is 0 Å². The molecule has 0 bridgehead atoms. The van der Waals surface area contributed by atoms with Crippen LogP contribution >= 0.6 is 11.8 Å². The van der Waals surface area contributed by atoms with E-state index in [1.54, 1.807) is 16.7 Å². The van der Waals surface area contributed by atoms with Gasteiger partial charge in [-0.3, -0.25) is 0 Å². The summed E-state index contributed by atoms with van der Waals surface area (Å²) in [5, 5.41) is 0. The number of rotatable bonds is 6. The van der Waals surface area contributed by atoms with Crippen LogP contribution in [0.4, 0.5) is 0 Å². The van der Waals surface area contributed by atoms with Crippen molar-refractivity contribution in [2.75, 3.05) is 11.5 Å². The molecule has 0 heterocycles. The lowest BCUT2D eigenvalue weighted by atomic mass is 9.82. The zero-order valence-electron chi connectivity index (χ0n) is 14.9. The molecule has 0 amide bonds. The second kappa shape index (κ2) is 8.07. The lowest BCUT2D eigenvalue weighted by Crippen LogP contribution is -2.17. The molecule has 1 saturated carbocycles. The molecule has 0 aromatic heterocycles. The molecule has 1 fully saturated rings. The molecule has 0 radical (unpaired) electrons. The first-order chi connectivity index (χ1) is 11.1. The molecule has 3 rings (SSSR count). The van der Waals surface area contributed by atoms with Crippen LogP contribution in [-0.4, -0.2) is 17.5 Å². The van der Waals surface area contributed by atoms with Crippen LogP contribution in [0.5, 0.6) is 0 Å². The molecule has 2 N–H and O–H groups in total. The molecule has 128 valence electrons. The largest absolute Gasteiger partial charge is 0.328 e. The van der Waals surface area contributed by atoms with Crippen LogP contribution in [0.3, 0.4) is 0 Å². The van der Waals surface area contributed by atoms with Gasteiger partial charge in [-0.05, 0) is 90.9 Å². The van der Waals surface area contributed by atoms with Gasteiger partial charge in [0.05, 0.1) is 0 Å². The van der Waals surface area contributed by atoms with E-state index in [0.717, 1.165) is 17.8 Å². The highest BCUT2D eigenvalue weighted by Crippen LogP contribution is 2.36. The van der Waals surface area contributed by atoms with Crippen molar-refractivity contribution >= 4 is 11.8 Å². The van der Waals surface area contributed by atoms with E-state index >= 15 is 0 Å². The van der Waals surface area contributed by atoms with E-state index in [2.05, 4.69) is 43.8 Å². The predicted octanol–water partition coefficient (Wildman–Crippen LogP) is 5.17. The lowest BCUT2D eigenvalue weighted by molar-refractivity contribution is 0.508. The molecule has 2 unspecified atom stereocenters. The third-order valence-electron chi connectivity index (χ3n) is 5.70. The number of hydrogen-bond acceptors (Lipinski definition) is 2.